The zero-order chi connectivity index (χ0) is 17.1. The van der Waals surface area contributed by atoms with E-state index >= 15 is 0 Å². The minimum absolute atomic E-state index is 0.0642. The van der Waals surface area contributed by atoms with Crippen LogP contribution in [0.5, 0.6) is 0 Å². The number of amides is 2. The molecule has 0 spiro atoms. The second-order valence-corrected chi connectivity index (χ2v) is 5.78. The van der Waals surface area contributed by atoms with Crippen LogP contribution >= 0.6 is 12.2 Å². The van der Waals surface area contributed by atoms with Crippen LogP contribution in [0.25, 0.3) is 6.08 Å². The fraction of sp³-hybridized carbons (Fsp3) is 0.105. The normalized spacial score (nSPS) is 16.5. The number of benzene rings is 2. The van der Waals surface area contributed by atoms with E-state index < -0.39 is 11.8 Å². The monoisotopic (exact) mass is 336 g/mol. The molecule has 0 unspecified atom stereocenters. The largest absolute Gasteiger partial charge is 0.298 e. The van der Waals surface area contributed by atoms with Crippen LogP contribution in [0.2, 0.25) is 0 Å². The van der Waals surface area contributed by atoms with Gasteiger partial charge in [0, 0.05) is 0 Å². The van der Waals surface area contributed by atoms with Crippen LogP contribution in [0.4, 0.5) is 5.69 Å². The first-order valence-corrected chi connectivity index (χ1v) is 8.06. The van der Waals surface area contributed by atoms with Gasteiger partial charge in [0.2, 0.25) is 0 Å². The number of carbonyl (C=O) groups is 2. The molecule has 0 aliphatic carbocycles. The fourth-order valence-corrected chi connectivity index (χ4v) is 2.77. The summed E-state index contributed by atoms with van der Waals surface area (Å²) in [7, 11) is 0. The fourth-order valence-electron chi connectivity index (χ4n) is 2.49. The van der Waals surface area contributed by atoms with E-state index in [0.717, 1.165) is 12.0 Å². The van der Waals surface area contributed by atoms with Gasteiger partial charge in [-0.2, -0.15) is 0 Å². The van der Waals surface area contributed by atoms with Crippen LogP contribution in [0.1, 0.15) is 18.1 Å². The Morgan fingerprint density at radius 3 is 2.33 bits per heavy atom. The van der Waals surface area contributed by atoms with E-state index in [1.165, 1.54) is 10.5 Å². The SMILES string of the molecule is CCc1ccc(N2C(=O)/C(=C/c3ccccc3)C(=O)NC2=S)cc1. The van der Waals surface area contributed by atoms with Crippen LogP contribution < -0.4 is 10.2 Å². The van der Waals surface area contributed by atoms with Gasteiger partial charge in [-0.1, -0.05) is 49.4 Å². The Hall–Kier alpha value is -2.79. The molecule has 1 N–H and O–H groups in total. The number of carbonyl (C=O) groups excluding carboxylic acids is 2. The number of aryl methyl sites for hydroxylation is 1. The molecular formula is C19H16N2O2S. The summed E-state index contributed by atoms with van der Waals surface area (Å²) >= 11 is 5.19. The first kappa shape index (κ1) is 16.1. The molecule has 1 fully saturated rings. The molecule has 0 atom stereocenters. The summed E-state index contributed by atoms with van der Waals surface area (Å²) < 4.78 is 0. The zero-order valence-corrected chi connectivity index (χ0v) is 14.0. The molecule has 3 rings (SSSR count). The highest BCUT2D eigenvalue weighted by Gasteiger charge is 2.34. The number of rotatable bonds is 3. The summed E-state index contributed by atoms with van der Waals surface area (Å²) in [5, 5.41) is 2.68. The lowest BCUT2D eigenvalue weighted by molar-refractivity contribution is -0.122. The molecular weight excluding hydrogens is 320 g/mol. The van der Waals surface area contributed by atoms with E-state index in [0.29, 0.717) is 5.69 Å². The highest BCUT2D eigenvalue weighted by atomic mass is 32.1. The lowest BCUT2D eigenvalue weighted by Gasteiger charge is -2.29. The van der Waals surface area contributed by atoms with E-state index in [4.69, 9.17) is 12.2 Å². The first-order chi connectivity index (χ1) is 11.6. The van der Waals surface area contributed by atoms with Crippen molar-refractivity contribution in [3.8, 4) is 0 Å². The topological polar surface area (TPSA) is 49.4 Å². The van der Waals surface area contributed by atoms with Gasteiger partial charge >= 0.3 is 0 Å². The molecule has 1 saturated heterocycles. The molecule has 2 amide bonds. The van der Waals surface area contributed by atoms with Crippen molar-refractivity contribution in [3.05, 3.63) is 71.3 Å². The van der Waals surface area contributed by atoms with Crippen molar-refractivity contribution in [2.24, 2.45) is 0 Å². The Morgan fingerprint density at radius 1 is 1.04 bits per heavy atom. The van der Waals surface area contributed by atoms with Crippen LogP contribution in [0, 0.1) is 0 Å². The predicted molar refractivity (Wildman–Crippen MR) is 98.5 cm³/mol. The minimum atomic E-state index is -0.477. The number of thiocarbonyl (C=S) groups is 1. The Bertz CT molecular complexity index is 826. The molecule has 0 saturated carbocycles. The Balaban J connectivity index is 1.98. The van der Waals surface area contributed by atoms with Crippen molar-refractivity contribution in [3.63, 3.8) is 0 Å². The molecule has 1 heterocycles. The van der Waals surface area contributed by atoms with Gasteiger partial charge in [-0.25, -0.2) is 0 Å². The van der Waals surface area contributed by atoms with Gasteiger partial charge in [0.1, 0.15) is 5.57 Å². The van der Waals surface area contributed by atoms with Crippen molar-refractivity contribution < 1.29 is 9.59 Å². The molecule has 120 valence electrons. The van der Waals surface area contributed by atoms with E-state index in [2.05, 4.69) is 12.2 Å². The van der Waals surface area contributed by atoms with Crippen LogP contribution in [0.15, 0.2) is 60.2 Å². The molecule has 0 aromatic heterocycles. The molecule has 2 aromatic carbocycles. The lowest BCUT2D eigenvalue weighted by atomic mass is 10.1. The summed E-state index contributed by atoms with van der Waals surface area (Å²) in [6.07, 6.45) is 2.49. The quantitative estimate of drug-likeness (QED) is 0.532. The Morgan fingerprint density at radius 2 is 1.71 bits per heavy atom. The van der Waals surface area contributed by atoms with Gasteiger partial charge in [-0.15, -0.1) is 0 Å². The van der Waals surface area contributed by atoms with Crippen molar-refractivity contribution in [2.45, 2.75) is 13.3 Å². The smallest absolute Gasteiger partial charge is 0.270 e. The van der Waals surface area contributed by atoms with Gasteiger partial charge in [-0.05, 0) is 48.0 Å². The molecule has 1 aliphatic heterocycles. The number of nitrogens with one attached hydrogen (secondary N) is 1. The number of anilines is 1. The number of hydrogen-bond donors (Lipinski definition) is 1. The highest BCUT2D eigenvalue weighted by Crippen LogP contribution is 2.22. The third-order valence-corrected chi connectivity index (χ3v) is 4.10. The maximum Gasteiger partial charge on any atom is 0.270 e. The first-order valence-electron chi connectivity index (χ1n) is 7.65. The third-order valence-electron chi connectivity index (χ3n) is 3.82. The second-order valence-electron chi connectivity index (χ2n) is 5.39. The Kier molecular flexibility index (Phi) is 4.53. The maximum atomic E-state index is 12.8. The Labute approximate surface area is 145 Å². The summed E-state index contributed by atoms with van der Waals surface area (Å²) in [6, 6.07) is 16.8. The zero-order valence-electron chi connectivity index (χ0n) is 13.2. The molecule has 4 nitrogen and oxygen atoms in total. The molecule has 2 aromatic rings. The van der Waals surface area contributed by atoms with Crippen LogP contribution in [-0.2, 0) is 16.0 Å². The van der Waals surface area contributed by atoms with Crippen molar-refractivity contribution in [2.75, 3.05) is 4.90 Å². The number of nitrogens with zero attached hydrogens (tertiary/aromatic N) is 1. The van der Waals surface area contributed by atoms with Gasteiger partial charge in [-0.3, -0.25) is 19.8 Å². The third kappa shape index (κ3) is 3.12. The lowest BCUT2D eigenvalue weighted by Crippen LogP contribution is -2.54. The average Bonchev–Trinajstić information content (AvgIpc) is 2.60. The average molecular weight is 336 g/mol. The summed E-state index contributed by atoms with van der Waals surface area (Å²) in [5.74, 6) is -0.896. The van der Waals surface area contributed by atoms with E-state index in [-0.39, 0.29) is 10.7 Å². The minimum Gasteiger partial charge on any atom is -0.298 e. The van der Waals surface area contributed by atoms with Crippen LogP contribution in [0.3, 0.4) is 0 Å². The number of hydrogen-bond acceptors (Lipinski definition) is 3. The van der Waals surface area contributed by atoms with Crippen molar-refractivity contribution in [1.82, 2.24) is 5.32 Å². The van der Waals surface area contributed by atoms with E-state index in [1.54, 1.807) is 6.08 Å². The summed E-state index contributed by atoms with van der Waals surface area (Å²) in [6.45, 7) is 2.06. The predicted octanol–water partition coefficient (Wildman–Crippen LogP) is 3.08. The molecule has 5 heteroatoms. The summed E-state index contributed by atoms with van der Waals surface area (Å²) in [4.78, 5) is 26.3. The standard InChI is InChI=1S/C19H16N2O2S/c1-2-13-8-10-15(11-9-13)21-18(23)16(17(22)20-19(21)24)12-14-6-4-3-5-7-14/h3-12H,2H2,1H3,(H,20,22,24)/b16-12+. The van der Waals surface area contributed by atoms with E-state index in [1.807, 2.05) is 54.6 Å². The molecule has 1 aliphatic rings. The van der Waals surface area contributed by atoms with Gasteiger partial charge in [0.25, 0.3) is 11.8 Å². The van der Waals surface area contributed by atoms with E-state index in [9.17, 15) is 9.59 Å². The summed E-state index contributed by atoms with van der Waals surface area (Å²) in [5.41, 5.74) is 2.65. The second kappa shape index (κ2) is 6.76. The highest BCUT2D eigenvalue weighted by molar-refractivity contribution is 7.80. The van der Waals surface area contributed by atoms with Gasteiger partial charge in [0.15, 0.2) is 5.11 Å². The molecule has 24 heavy (non-hydrogen) atoms. The van der Waals surface area contributed by atoms with Crippen LogP contribution in [-0.4, -0.2) is 16.9 Å². The van der Waals surface area contributed by atoms with Crippen molar-refractivity contribution >= 4 is 40.9 Å². The van der Waals surface area contributed by atoms with Gasteiger partial charge < -0.3 is 0 Å². The van der Waals surface area contributed by atoms with Gasteiger partial charge in [0.05, 0.1) is 5.69 Å². The molecule has 0 radical (unpaired) electrons. The maximum absolute atomic E-state index is 12.8. The van der Waals surface area contributed by atoms with Crippen molar-refractivity contribution in [1.29, 1.82) is 0 Å². The molecule has 0 bridgehead atoms.